The summed E-state index contributed by atoms with van der Waals surface area (Å²) in [5.74, 6) is 0.922. The molecule has 1 aromatic heterocycles. The van der Waals surface area contributed by atoms with Crippen molar-refractivity contribution >= 4 is 23.4 Å². The Morgan fingerprint density at radius 1 is 1.41 bits per heavy atom. The molecule has 6 nitrogen and oxygen atoms in total. The van der Waals surface area contributed by atoms with Crippen molar-refractivity contribution in [3.63, 3.8) is 0 Å². The maximum absolute atomic E-state index is 11.9. The van der Waals surface area contributed by atoms with Crippen molar-refractivity contribution in [2.24, 2.45) is 0 Å². The number of anilines is 1. The quantitative estimate of drug-likeness (QED) is 0.794. The summed E-state index contributed by atoms with van der Waals surface area (Å²) in [7, 11) is 3.17. The fraction of sp³-hybridized carbons (Fsp3) is 0.533. The van der Waals surface area contributed by atoms with Gasteiger partial charge in [0.2, 0.25) is 0 Å². The zero-order chi connectivity index (χ0) is 15.7. The fourth-order valence-electron chi connectivity index (χ4n) is 2.38. The molecule has 0 bridgehead atoms. The van der Waals surface area contributed by atoms with Crippen LogP contribution in [0, 0.1) is 0 Å². The summed E-state index contributed by atoms with van der Waals surface area (Å²) >= 11 is 6.35. The van der Waals surface area contributed by atoms with Gasteiger partial charge < -0.3 is 14.4 Å². The smallest absolute Gasteiger partial charge is 0.358 e. The van der Waals surface area contributed by atoms with Crippen LogP contribution in [0.25, 0.3) is 0 Å². The molecule has 0 amide bonds. The Kier molecular flexibility index (Phi) is 4.20. The van der Waals surface area contributed by atoms with E-state index in [-0.39, 0.29) is 16.9 Å². The molecule has 118 valence electrons. The number of halogens is 1. The largest absolute Gasteiger partial charge is 0.478 e. The van der Waals surface area contributed by atoms with Gasteiger partial charge in [-0.1, -0.05) is 11.6 Å². The molecular formula is C15H18ClN3O3. The molecule has 7 heteroatoms. The minimum atomic E-state index is -0.548. The zero-order valence-corrected chi connectivity index (χ0v) is 13.3. The van der Waals surface area contributed by atoms with E-state index in [4.69, 9.17) is 21.1 Å². The lowest BCUT2D eigenvalue weighted by Crippen LogP contribution is -2.35. The first-order valence-corrected chi connectivity index (χ1v) is 7.68. The van der Waals surface area contributed by atoms with Crippen LogP contribution in [0.1, 0.15) is 47.9 Å². The molecule has 0 saturated heterocycles. The van der Waals surface area contributed by atoms with Crippen LogP contribution in [0.5, 0.6) is 0 Å². The van der Waals surface area contributed by atoms with E-state index < -0.39 is 5.97 Å². The number of methoxy groups -OCH3 is 1. The first kappa shape index (κ1) is 15.1. The van der Waals surface area contributed by atoms with Gasteiger partial charge in [0.1, 0.15) is 10.8 Å². The van der Waals surface area contributed by atoms with E-state index in [0.717, 1.165) is 25.7 Å². The van der Waals surface area contributed by atoms with E-state index in [2.05, 4.69) is 9.97 Å². The van der Waals surface area contributed by atoms with Crippen LogP contribution in [0.2, 0.25) is 5.02 Å². The van der Waals surface area contributed by atoms with Gasteiger partial charge in [-0.2, -0.15) is 0 Å². The minimum absolute atomic E-state index is 0.120. The van der Waals surface area contributed by atoms with E-state index in [9.17, 15) is 4.79 Å². The number of hydrogen-bond acceptors (Lipinski definition) is 6. The third kappa shape index (κ3) is 2.88. The minimum Gasteiger partial charge on any atom is -0.478 e. The fourth-order valence-corrected chi connectivity index (χ4v) is 2.68. The molecule has 1 atom stereocenters. The summed E-state index contributed by atoms with van der Waals surface area (Å²) in [5.41, 5.74) is 0.120. The molecule has 0 N–H and O–H groups in total. The van der Waals surface area contributed by atoms with Gasteiger partial charge in [0, 0.05) is 19.4 Å². The molecule has 0 radical (unpaired) electrons. The van der Waals surface area contributed by atoms with Gasteiger partial charge in [-0.15, -0.1) is 0 Å². The van der Waals surface area contributed by atoms with Gasteiger partial charge in [-0.3, -0.25) is 0 Å². The third-order valence-electron chi connectivity index (χ3n) is 3.85. The Hall–Kier alpha value is -1.82. The van der Waals surface area contributed by atoms with Crippen molar-refractivity contribution in [2.45, 2.75) is 37.8 Å². The Balaban J connectivity index is 1.99. The van der Waals surface area contributed by atoms with Crippen LogP contribution >= 0.6 is 11.6 Å². The molecule has 2 heterocycles. The highest BCUT2D eigenvalue weighted by atomic mass is 35.5. The number of allylic oxidation sites excluding steroid dienone is 1. The zero-order valence-electron chi connectivity index (χ0n) is 12.6. The number of carbonyl (C=O) groups is 1. The summed E-state index contributed by atoms with van der Waals surface area (Å²) in [5, 5.41) is 0.205. The topological polar surface area (TPSA) is 64.5 Å². The van der Waals surface area contributed by atoms with Crippen molar-refractivity contribution in [3.05, 3.63) is 28.9 Å². The number of rotatable bonds is 4. The molecular weight excluding hydrogens is 306 g/mol. The van der Waals surface area contributed by atoms with Gasteiger partial charge in [0.05, 0.1) is 13.4 Å². The van der Waals surface area contributed by atoms with Crippen molar-refractivity contribution in [1.29, 1.82) is 0 Å². The number of nitrogens with zero attached hydrogens (tertiary/aromatic N) is 3. The average molecular weight is 324 g/mol. The average Bonchev–Trinajstić information content (AvgIpc) is 3.39. The number of ether oxygens (including phenoxy) is 2. The summed E-state index contributed by atoms with van der Waals surface area (Å²) < 4.78 is 10.4. The van der Waals surface area contributed by atoms with Crippen LogP contribution in [0.4, 0.5) is 5.82 Å². The van der Waals surface area contributed by atoms with Gasteiger partial charge in [-0.05, 0) is 25.3 Å². The van der Waals surface area contributed by atoms with Crippen molar-refractivity contribution in [2.75, 3.05) is 19.1 Å². The Labute approximate surface area is 134 Å². The second-order valence-electron chi connectivity index (χ2n) is 5.48. The molecule has 1 saturated carbocycles. The molecule has 0 aromatic carbocycles. The van der Waals surface area contributed by atoms with Crippen LogP contribution in [0.15, 0.2) is 12.3 Å². The van der Waals surface area contributed by atoms with E-state index in [0.29, 0.717) is 17.6 Å². The lowest BCUT2D eigenvalue weighted by atomic mass is 10.2. The number of esters is 1. The van der Waals surface area contributed by atoms with E-state index >= 15 is 0 Å². The maximum atomic E-state index is 11.9. The monoisotopic (exact) mass is 323 g/mol. The van der Waals surface area contributed by atoms with Crippen LogP contribution in [-0.4, -0.2) is 36.3 Å². The highest BCUT2D eigenvalue weighted by Crippen LogP contribution is 2.40. The number of aromatic nitrogens is 2. The van der Waals surface area contributed by atoms with E-state index in [1.54, 1.807) is 6.26 Å². The molecule has 1 fully saturated rings. The lowest BCUT2D eigenvalue weighted by molar-refractivity contribution is 0.0593. The second-order valence-corrected chi connectivity index (χ2v) is 5.86. The lowest BCUT2D eigenvalue weighted by Gasteiger charge is -2.30. The van der Waals surface area contributed by atoms with Crippen LogP contribution in [0.3, 0.4) is 0 Å². The normalized spacial score (nSPS) is 20.4. The summed E-state index contributed by atoms with van der Waals surface area (Å²) in [4.78, 5) is 22.6. The predicted octanol–water partition coefficient (Wildman–Crippen LogP) is 2.88. The maximum Gasteiger partial charge on any atom is 0.358 e. The molecule has 0 spiro atoms. The molecule has 1 unspecified atom stereocenters. The van der Waals surface area contributed by atoms with E-state index in [1.807, 2.05) is 18.0 Å². The molecule has 1 aliphatic heterocycles. The standard InChI is InChI=1S/C15H18ClN3O3/c1-19(10-5-3-4-8-22-10)14-11(16)12(15(20)21-2)17-13(18-14)9-6-7-9/h4,8-10H,3,5-7H2,1-2H3. The van der Waals surface area contributed by atoms with Crippen LogP contribution < -0.4 is 4.90 Å². The van der Waals surface area contributed by atoms with Crippen molar-refractivity contribution < 1.29 is 14.3 Å². The van der Waals surface area contributed by atoms with Crippen LogP contribution in [-0.2, 0) is 9.47 Å². The molecule has 1 aliphatic carbocycles. The highest BCUT2D eigenvalue weighted by molar-refractivity contribution is 6.35. The SMILES string of the molecule is COC(=O)c1nc(C2CC2)nc(N(C)C2CCC=CO2)c1Cl. The summed E-state index contributed by atoms with van der Waals surface area (Å²) in [6.07, 6.45) is 7.33. The molecule has 3 rings (SSSR count). The Morgan fingerprint density at radius 2 is 2.18 bits per heavy atom. The Morgan fingerprint density at radius 3 is 2.77 bits per heavy atom. The van der Waals surface area contributed by atoms with Crippen molar-refractivity contribution in [3.8, 4) is 0 Å². The van der Waals surface area contributed by atoms with Gasteiger partial charge in [0.15, 0.2) is 17.7 Å². The van der Waals surface area contributed by atoms with E-state index in [1.165, 1.54) is 7.11 Å². The first-order valence-electron chi connectivity index (χ1n) is 7.31. The predicted molar refractivity (Wildman–Crippen MR) is 82.0 cm³/mol. The Bertz CT molecular complexity index is 616. The first-order chi connectivity index (χ1) is 10.6. The third-order valence-corrected chi connectivity index (χ3v) is 4.20. The highest BCUT2D eigenvalue weighted by Gasteiger charge is 2.32. The molecule has 22 heavy (non-hydrogen) atoms. The molecule has 2 aliphatic rings. The van der Waals surface area contributed by atoms with Gasteiger partial charge in [-0.25, -0.2) is 14.8 Å². The van der Waals surface area contributed by atoms with Gasteiger partial charge >= 0.3 is 5.97 Å². The second kappa shape index (κ2) is 6.12. The van der Waals surface area contributed by atoms with Crippen molar-refractivity contribution in [1.82, 2.24) is 9.97 Å². The molecule has 1 aromatic rings. The number of hydrogen-bond donors (Lipinski definition) is 0. The summed E-state index contributed by atoms with van der Waals surface area (Å²) in [6, 6.07) is 0. The number of carbonyl (C=O) groups excluding carboxylic acids is 1. The summed E-state index contributed by atoms with van der Waals surface area (Å²) in [6.45, 7) is 0. The van der Waals surface area contributed by atoms with Gasteiger partial charge in [0.25, 0.3) is 0 Å².